The molecule has 3 saturated carbocycles. The number of allylic oxidation sites excluding steroid dienone is 2. The molecule has 3 aromatic rings. The summed E-state index contributed by atoms with van der Waals surface area (Å²) < 4.78 is 13.9. The van der Waals surface area contributed by atoms with Crippen LogP contribution >= 0.6 is 0 Å². The van der Waals surface area contributed by atoms with E-state index in [0.717, 1.165) is 58.7 Å². The Morgan fingerprint density at radius 1 is 1.04 bits per heavy atom. The van der Waals surface area contributed by atoms with Crippen molar-refractivity contribution in [2.45, 2.75) is 129 Å². The molecule has 9 rings (SSSR count). The zero-order valence-electron chi connectivity index (χ0n) is 30.7. The minimum atomic E-state index is -1.40. The van der Waals surface area contributed by atoms with Gasteiger partial charge in [-0.2, -0.15) is 0 Å². The van der Waals surface area contributed by atoms with Crippen LogP contribution < -0.4 is 5.56 Å². The topological polar surface area (TPSA) is 90.7 Å². The summed E-state index contributed by atoms with van der Waals surface area (Å²) in [5.41, 5.74) is 5.24. The normalized spacial score (nSPS) is 34.0. The molecule has 4 heterocycles. The van der Waals surface area contributed by atoms with Gasteiger partial charge in [0.15, 0.2) is 5.60 Å². The maximum atomic E-state index is 13.9. The number of carbonyl (C=O) groups is 1. The van der Waals surface area contributed by atoms with Crippen molar-refractivity contribution in [3.05, 3.63) is 75.1 Å². The Bertz CT molecular complexity index is 1980. The van der Waals surface area contributed by atoms with Gasteiger partial charge < -0.3 is 19.1 Å². The fourth-order valence-corrected chi connectivity index (χ4v) is 12.4. The van der Waals surface area contributed by atoms with Gasteiger partial charge in [0.1, 0.15) is 6.61 Å². The average molecular weight is 691 g/mol. The number of carbonyl (C=O) groups excluding carboxylic acids is 1. The molecule has 1 N–H and O–H groups in total. The molecule has 7 nitrogen and oxygen atoms in total. The molecular formula is C44H54N2O5. The predicted molar refractivity (Wildman–Crippen MR) is 198 cm³/mol. The fraction of sp³-hybridized carbons (Fsp3) is 0.614. The van der Waals surface area contributed by atoms with Gasteiger partial charge in [-0.15, -0.1) is 0 Å². The lowest BCUT2D eigenvalue weighted by molar-refractivity contribution is -0.182. The molecule has 2 aromatic heterocycles. The van der Waals surface area contributed by atoms with Gasteiger partial charge in [0.2, 0.25) is 0 Å². The summed E-state index contributed by atoms with van der Waals surface area (Å²) in [5.74, 6) is 2.81. The Kier molecular flexibility index (Phi) is 8.16. The van der Waals surface area contributed by atoms with Crippen molar-refractivity contribution >= 4 is 16.9 Å². The van der Waals surface area contributed by atoms with Gasteiger partial charge >= 0.3 is 5.97 Å². The Morgan fingerprint density at radius 3 is 2.76 bits per heavy atom. The molecule has 8 atom stereocenters. The van der Waals surface area contributed by atoms with Crippen LogP contribution in [0.1, 0.15) is 121 Å². The summed E-state index contributed by atoms with van der Waals surface area (Å²) in [5, 5.41) is 12.4. The maximum absolute atomic E-state index is 13.9. The summed E-state index contributed by atoms with van der Waals surface area (Å²) in [6.07, 6.45) is 16.6. The van der Waals surface area contributed by atoms with E-state index in [9.17, 15) is 14.7 Å². The number of nitrogens with zero attached hydrogens (tertiary/aromatic N) is 2. The predicted octanol–water partition coefficient (Wildman–Crippen LogP) is 8.60. The number of benzene rings is 1. The van der Waals surface area contributed by atoms with E-state index in [1.54, 1.807) is 10.1 Å². The van der Waals surface area contributed by atoms with Gasteiger partial charge in [-0.25, -0.2) is 9.78 Å². The van der Waals surface area contributed by atoms with Crippen LogP contribution in [0.25, 0.3) is 22.3 Å². The van der Waals surface area contributed by atoms with Crippen LogP contribution in [-0.4, -0.2) is 33.3 Å². The van der Waals surface area contributed by atoms with Crippen LogP contribution in [-0.2, 0) is 33.0 Å². The first-order chi connectivity index (χ1) is 24.7. The van der Waals surface area contributed by atoms with E-state index in [0.29, 0.717) is 48.0 Å². The molecule has 0 saturated heterocycles. The smallest absolute Gasteiger partial charge is 0.343 e. The number of aliphatic hydroxyl groups excluding tert-OH is 1. The third kappa shape index (κ3) is 5.07. The molecule has 0 amide bonds. The van der Waals surface area contributed by atoms with E-state index in [1.165, 1.54) is 51.4 Å². The van der Waals surface area contributed by atoms with Crippen LogP contribution in [0.4, 0.5) is 0 Å². The van der Waals surface area contributed by atoms with Gasteiger partial charge in [-0.1, -0.05) is 57.0 Å². The van der Waals surface area contributed by atoms with Gasteiger partial charge in [-0.05, 0) is 130 Å². The van der Waals surface area contributed by atoms with Crippen molar-refractivity contribution in [3.63, 3.8) is 0 Å². The van der Waals surface area contributed by atoms with E-state index in [-0.39, 0.29) is 24.2 Å². The highest BCUT2D eigenvalue weighted by Gasteiger charge is 2.58. The van der Waals surface area contributed by atoms with Gasteiger partial charge in [0.25, 0.3) is 5.56 Å². The molecular weight excluding hydrogens is 636 g/mol. The van der Waals surface area contributed by atoms with Gasteiger partial charge in [-0.3, -0.25) is 4.79 Å². The molecule has 1 aromatic carbocycles. The third-order valence-corrected chi connectivity index (χ3v) is 15.2. The molecule has 1 unspecified atom stereocenters. The van der Waals surface area contributed by atoms with Crippen molar-refractivity contribution in [2.75, 3.05) is 6.61 Å². The zero-order chi connectivity index (χ0) is 35.1. The SMILES string of the molecule is CC[C@@]1(OCC[C@@H](O)CCC2=CCCC3CC[C@H]4[C@@H]5CCC[C@@]5(C)CC[C@@H]4[C@@]23C)C(=O)OCc2c1cc1n(c2=O)Cc2cc3ccccc3nc2-1. The number of hydrogen-bond acceptors (Lipinski definition) is 6. The molecule has 0 radical (unpaired) electrons. The number of pyridine rings is 2. The Labute approximate surface area is 301 Å². The molecule has 3 fully saturated rings. The van der Waals surface area contributed by atoms with Gasteiger partial charge in [0, 0.05) is 16.5 Å². The van der Waals surface area contributed by atoms with Crippen molar-refractivity contribution in [1.29, 1.82) is 0 Å². The first-order valence-corrected chi connectivity index (χ1v) is 20.0. The summed E-state index contributed by atoms with van der Waals surface area (Å²) in [6.45, 7) is 7.66. The second-order valence-corrected chi connectivity index (χ2v) is 17.4. The second-order valence-electron chi connectivity index (χ2n) is 17.4. The first kappa shape index (κ1) is 33.5. The number of cyclic esters (lactones) is 1. The highest BCUT2D eigenvalue weighted by atomic mass is 16.6. The van der Waals surface area contributed by atoms with Crippen LogP contribution in [0.5, 0.6) is 0 Å². The highest BCUT2D eigenvalue weighted by molar-refractivity contribution is 5.86. The van der Waals surface area contributed by atoms with E-state index in [4.69, 9.17) is 14.5 Å². The number of hydrogen-bond donors (Lipinski definition) is 1. The van der Waals surface area contributed by atoms with E-state index in [1.807, 2.05) is 37.3 Å². The van der Waals surface area contributed by atoms with Crippen molar-refractivity contribution in [3.8, 4) is 11.4 Å². The molecule has 0 spiro atoms. The Morgan fingerprint density at radius 2 is 1.90 bits per heavy atom. The fourth-order valence-electron chi connectivity index (χ4n) is 12.4. The largest absolute Gasteiger partial charge is 0.458 e. The monoisotopic (exact) mass is 690 g/mol. The van der Waals surface area contributed by atoms with E-state index >= 15 is 0 Å². The summed E-state index contributed by atoms with van der Waals surface area (Å²) in [4.78, 5) is 32.4. The maximum Gasteiger partial charge on any atom is 0.343 e. The number of aliphatic hydroxyl groups is 1. The summed E-state index contributed by atoms with van der Waals surface area (Å²) >= 11 is 0. The van der Waals surface area contributed by atoms with Gasteiger partial charge in [0.05, 0.1) is 41.7 Å². The zero-order valence-corrected chi connectivity index (χ0v) is 30.7. The number of fused-ring (bicyclic) bond motifs is 10. The van der Waals surface area contributed by atoms with Crippen molar-refractivity contribution in [2.24, 2.45) is 34.5 Å². The molecule has 6 aliphatic rings. The number of ether oxygens (including phenoxy) is 2. The number of esters is 1. The van der Waals surface area contributed by atoms with Crippen LogP contribution in [0.15, 0.2) is 52.8 Å². The minimum absolute atomic E-state index is 0.0660. The lowest BCUT2D eigenvalue weighted by atomic mass is 9.44. The number of para-hydroxylation sites is 1. The molecule has 0 bridgehead atoms. The first-order valence-electron chi connectivity index (χ1n) is 20.0. The lowest BCUT2D eigenvalue weighted by Crippen LogP contribution is -2.52. The van der Waals surface area contributed by atoms with Crippen LogP contribution in [0.2, 0.25) is 0 Å². The number of rotatable bonds is 8. The molecule has 2 aliphatic heterocycles. The van der Waals surface area contributed by atoms with E-state index < -0.39 is 17.7 Å². The molecule has 7 heteroatoms. The van der Waals surface area contributed by atoms with E-state index in [2.05, 4.69) is 26.0 Å². The summed E-state index contributed by atoms with van der Waals surface area (Å²) in [7, 11) is 0. The Balaban J connectivity index is 0.911. The van der Waals surface area contributed by atoms with Crippen molar-refractivity contribution < 1.29 is 19.4 Å². The average Bonchev–Trinajstić information content (AvgIpc) is 3.71. The standard InChI is InChI=1S/C44H54N2O5/c1-4-44(36-24-38-39-28(23-27-9-5-6-13-37(27)45-39)25-46(38)40(48)33(36)26-50-41(44)49)51-22-19-31(47)16-14-29-10-7-11-30-15-17-32-34-12-8-20-42(34,2)21-18-35(32)43(29,30)3/h5-6,9-10,13,23-24,30-32,34-35,47H,4,7-8,11-12,14-22,25-26H2,1-3H3/t30?,31-,32-,34-,35-,42-,43-,44-/m0/s1. The molecule has 270 valence electrons. The molecule has 51 heavy (non-hydrogen) atoms. The minimum Gasteiger partial charge on any atom is -0.458 e. The quantitative estimate of drug-likeness (QED) is 0.147. The van der Waals surface area contributed by atoms with Crippen molar-refractivity contribution in [1.82, 2.24) is 9.55 Å². The van der Waals surface area contributed by atoms with Crippen LogP contribution in [0.3, 0.4) is 0 Å². The Hall–Kier alpha value is -3.29. The number of aromatic nitrogens is 2. The third-order valence-electron chi connectivity index (χ3n) is 15.2. The lowest BCUT2D eigenvalue weighted by Gasteiger charge is -2.60. The highest BCUT2D eigenvalue weighted by Crippen LogP contribution is 2.67. The van der Waals surface area contributed by atoms with Crippen LogP contribution in [0, 0.1) is 34.5 Å². The summed E-state index contributed by atoms with van der Waals surface area (Å²) in [6, 6.07) is 12.0. The molecule has 4 aliphatic carbocycles. The second kappa shape index (κ2) is 12.4.